The van der Waals surface area contributed by atoms with Crippen molar-refractivity contribution < 1.29 is 9.47 Å². The summed E-state index contributed by atoms with van der Waals surface area (Å²) in [4.78, 5) is 0. The highest BCUT2D eigenvalue weighted by atomic mass is 16.5. The molecule has 0 saturated carbocycles. The smallest absolute Gasteiger partial charge is 0.142 e. The van der Waals surface area contributed by atoms with Gasteiger partial charge in [0.05, 0.1) is 12.3 Å². The van der Waals surface area contributed by atoms with Crippen LogP contribution in [-0.4, -0.2) is 26.4 Å². The largest absolute Gasteiger partial charge is 0.492 e. The molecule has 1 fully saturated rings. The second-order valence-electron chi connectivity index (χ2n) is 4.87. The molecular formula is C15H23NO2. The third kappa shape index (κ3) is 3.64. The molecule has 1 N–H and O–H groups in total. The molecule has 3 heteroatoms. The Labute approximate surface area is 109 Å². The van der Waals surface area contributed by atoms with Crippen molar-refractivity contribution in [1.82, 2.24) is 0 Å². The minimum atomic E-state index is 0.704. The van der Waals surface area contributed by atoms with Gasteiger partial charge in [0, 0.05) is 19.8 Å². The van der Waals surface area contributed by atoms with Crippen molar-refractivity contribution in [3.63, 3.8) is 0 Å². The first kappa shape index (κ1) is 13.2. The van der Waals surface area contributed by atoms with Gasteiger partial charge in [0.25, 0.3) is 0 Å². The summed E-state index contributed by atoms with van der Waals surface area (Å²) < 4.78 is 11.0. The number of rotatable bonds is 5. The molecule has 1 heterocycles. The molecule has 0 radical (unpaired) electrons. The number of benzene rings is 1. The normalized spacial score (nSPS) is 16.6. The number of ether oxygens (including phenoxy) is 2. The lowest BCUT2D eigenvalue weighted by molar-refractivity contribution is 0.0699. The molecular weight excluding hydrogens is 226 g/mol. The zero-order valence-electron chi connectivity index (χ0n) is 11.4. The summed E-state index contributed by atoms with van der Waals surface area (Å²) >= 11 is 0. The molecule has 0 amide bonds. The average molecular weight is 249 g/mol. The van der Waals surface area contributed by atoms with Gasteiger partial charge < -0.3 is 14.8 Å². The summed E-state index contributed by atoms with van der Waals surface area (Å²) in [5.41, 5.74) is 2.34. The second kappa shape index (κ2) is 6.64. The van der Waals surface area contributed by atoms with Crippen molar-refractivity contribution in [2.45, 2.75) is 26.7 Å². The van der Waals surface area contributed by atoms with Crippen LogP contribution in [0.2, 0.25) is 0 Å². The fourth-order valence-electron chi connectivity index (χ4n) is 2.26. The van der Waals surface area contributed by atoms with E-state index in [-0.39, 0.29) is 0 Å². The minimum absolute atomic E-state index is 0.704. The molecule has 0 atom stereocenters. The highest BCUT2D eigenvalue weighted by Gasteiger charge is 2.14. The lowest BCUT2D eigenvalue weighted by Crippen LogP contribution is -2.22. The maximum atomic E-state index is 5.67. The van der Waals surface area contributed by atoms with Crippen LogP contribution in [0.1, 0.15) is 25.3 Å². The Kier molecular flexibility index (Phi) is 4.88. The van der Waals surface area contributed by atoms with E-state index in [0.29, 0.717) is 6.61 Å². The van der Waals surface area contributed by atoms with Crippen LogP contribution in [0, 0.1) is 12.8 Å². The lowest BCUT2D eigenvalue weighted by atomic mass is 10.0. The Morgan fingerprint density at radius 3 is 2.83 bits per heavy atom. The van der Waals surface area contributed by atoms with Gasteiger partial charge in [-0.05, 0) is 50.3 Å². The zero-order valence-corrected chi connectivity index (χ0v) is 11.4. The Balaban J connectivity index is 1.94. The zero-order chi connectivity index (χ0) is 12.8. The molecule has 0 aromatic heterocycles. The minimum Gasteiger partial charge on any atom is -0.492 e. The van der Waals surface area contributed by atoms with Crippen molar-refractivity contribution in [2.24, 2.45) is 5.92 Å². The van der Waals surface area contributed by atoms with Gasteiger partial charge in [0.2, 0.25) is 0 Å². The first-order valence-electron chi connectivity index (χ1n) is 6.84. The van der Waals surface area contributed by atoms with Crippen molar-refractivity contribution in [3.8, 4) is 5.75 Å². The molecule has 100 valence electrons. The summed E-state index contributed by atoms with van der Waals surface area (Å²) in [6.45, 7) is 7.62. The first-order valence-corrected chi connectivity index (χ1v) is 6.84. The summed E-state index contributed by atoms with van der Waals surface area (Å²) in [6, 6.07) is 6.32. The summed E-state index contributed by atoms with van der Waals surface area (Å²) in [5, 5.41) is 3.51. The van der Waals surface area contributed by atoms with Gasteiger partial charge in [-0.2, -0.15) is 0 Å². The Bertz CT molecular complexity index is 373. The first-order chi connectivity index (χ1) is 8.79. The maximum absolute atomic E-state index is 5.67. The Morgan fingerprint density at radius 2 is 2.11 bits per heavy atom. The van der Waals surface area contributed by atoms with Crippen LogP contribution in [0.4, 0.5) is 5.69 Å². The fourth-order valence-corrected chi connectivity index (χ4v) is 2.26. The molecule has 3 nitrogen and oxygen atoms in total. The van der Waals surface area contributed by atoms with Crippen LogP contribution in [-0.2, 0) is 4.74 Å². The van der Waals surface area contributed by atoms with Crippen molar-refractivity contribution >= 4 is 5.69 Å². The molecule has 1 aliphatic heterocycles. The van der Waals surface area contributed by atoms with E-state index in [9.17, 15) is 0 Å². The van der Waals surface area contributed by atoms with Crippen LogP contribution >= 0.6 is 0 Å². The number of aryl methyl sites for hydroxylation is 1. The molecule has 0 aliphatic carbocycles. The summed E-state index contributed by atoms with van der Waals surface area (Å²) in [6.07, 6.45) is 2.31. The van der Waals surface area contributed by atoms with Gasteiger partial charge >= 0.3 is 0 Å². The molecule has 2 rings (SSSR count). The highest BCUT2D eigenvalue weighted by Crippen LogP contribution is 2.26. The summed E-state index contributed by atoms with van der Waals surface area (Å²) in [5.74, 6) is 1.68. The number of nitrogens with one attached hydrogen (secondary N) is 1. The molecule has 1 aliphatic rings. The van der Waals surface area contributed by atoms with Gasteiger partial charge in [-0.1, -0.05) is 6.07 Å². The van der Waals surface area contributed by atoms with Crippen molar-refractivity contribution in [1.29, 1.82) is 0 Å². The number of hydrogen-bond donors (Lipinski definition) is 1. The average Bonchev–Trinajstić information content (AvgIpc) is 2.39. The van der Waals surface area contributed by atoms with Crippen LogP contribution in [0.3, 0.4) is 0 Å². The number of hydrogen-bond acceptors (Lipinski definition) is 3. The van der Waals surface area contributed by atoms with E-state index >= 15 is 0 Å². The second-order valence-corrected chi connectivity index (χ2v) is 4.87. The predicted octanol–water partition coefficient (Wildman–Crippen LogP) is 3.23. The predicted molar refractivity (Wildman–Crippen MR) is 74.4 cm³/mol. The highest BCUT2D eigenvalue weighted by molar-refractivity contribution is 5.57. The van der Waals surface area contributed by atoms with Gasteiger partial charge in [-0.25, -0.2) is 0 Å². The van der Waals surface area contributed by atoms with Gasteiger partial charge in [0.15, 0.2) is 0 Å². The Hall–Kier alpha value is -1.22. The van der Waals surface area contributed by atoms with E-state index < -0.39 is 0 Å². The quantitative estimate of drug-likeness (QED) is 0.869. The van der Waals surface area contributed by atoms with E-state index in [1.807, 2.05) is 6.92 Å². The van der Waals surface area contributed by atoms with Crippen molar-refractivity contribution in [2.75, 3.05) is 31.7 Å². The molecule has 1 aromatic carbocycles. The van der Waals surface area contributed by atoms with Crippen LogP contribution < -0.4 is 10.1 Å². The molecule has 18 heavy (non-hydrogen) atoms. The maximum Gasteiger partial charge on any atom is 0.142 e. The number of anilines is 1. The van der Waals surface area contributed by atoms with E-state index in [1.54, 1.807) is 0 Å². The van der Waals surface area contributed by atoms with E-state index in [4.69, 9.17) is 9.47 Å². The van der Waals surface area contributed by atoms with Crippen molar-refractivity contribution in [3.05, 3.63) is 23.8 Å². The molecule has 0 unspecified atom stereocenters. The standard InChI is InChI=1S/C15H23NO2/c1-3-18-15-10-12(2)4-5-14(15)16-11-13-6-8-17-9-7-13/h4-5,10,13,16H,3,6-9,11H2,1-2H3. The fraction of sp³-hybridized carbons (Fsp3) is 0.600. The Morgan fingerprint density at radius 1 is 1.33 bits per heavy atom. The van der Waals surface area contributed by atoms with Gasteiger partial charge in [0.1, 0.15) is 5.75 Å². The molecule has 1 saturated heterocycles. The van der Waals surface area contributed by atoms with Crippen LogP contribution in [0.15, 0.2) is 18.2 Å². The van der Waals surface area contributed by atoms with Gasteiger partial charge in [-0.3, -0.25) is 0 Å². The molecule has 0 spiro atoms. The summed E-state index contributed by atoms with van der Waals surface area (Å²) in [7, 11) is 0. The van der Waals surface area contributed by atoms with Crippen LogP contribution in [0.5, 0.6) is 5.75 Å². The van der Waals surface area contributed by atoms with E-state index in [0.717, 1.165) is 50.0 Å². The van der Waals surface area contributed by atoms with E-state index in [1.165, 1.54) is 5.56 Å². The molecule has 0 bridgehead atoms. The monoisotopic (exact) mass is 249 g/mol. The molecule has 1 aromatic rings. The van der Waals surface area contributed by atoms with E-state index in [2.05, 4.69) is 30.4 Å². The third-order valence-corrected chi connectivity index (χ3v) is 3.36. The lowest BCUT2D eigenvalue weighted by Gasteiger charge is -2.23. The SMILES string of the molecule is CCOc1cc(C)ccc1NCC1CCOCC1. The van der Waals surface area contributed by atoms with Gasteiger partial charge in [-0.15, -0.1) is 0 Å². The van der Waals surface area contributed by atoms with Crippen LogP contribution in [0.25, 0.3) is 0 Å². The third-order valence-electron chi connectivity index (χ3n) is 3.36. The topological polar surface area (TPSA) is 30.5 Å².